The summed E-state index contributed by atoms with van der Waals surface area (Å²) in [5.41, 5.74) is 1.07. The van der Waals surface area contributed by atoms with Gasteiger partial charge in [-0.05, 0) is 24.7 Å². The molecule has 26 heavy (non-hydrogen) atoms. The lowest BCUT2D eigenvalue weighted by molar-refractivity contribution is -0.137. The summed E-state index contributed by atoms with van der Waals surface area (Å²) in [7, 11) is 1.41. The van der Waals surface area contributed by atoms with Crippen LogP contribution in [-0.2, 0) is 6.18 Å². The number of halogens is 3. The number of nitrogens with one attached hydrogen (secondary N) is 2. The van der Waals surface area contributed by atoms with E-state index in [0.717, 1.165) is 36.8 Å². The van der Waals surface area contributed by atoms with E-state index >= 15 is 0 Å². The van der Waals surface area contributed by atoms with Gasteiger partial charge < -0.3 is 10.6 Å². The van der Waals surface area contributed by atoms with Gasteiger partial charge in [0.05, 0.1) is 17.4 Å². The zero-order chi connectivity index (χ0) is 18.7. The third kappa shape index (κ3) is 3.10. The summed E-state index contributed by atoms with van der Waals surface area (Å²) < 4.78 is 40.9. The Morgan fingerprint density at radius 2 is 1.96 bits per heavy atom. The monoisotopic (exact) mass is 366 g/mol. The van der Waals surface area contributed by atoms with Crippen LogP contribution in [0.2, 0.25) is 0 Å². The summed E-state index contributed by atoms with van der Waals surface area (Å²) in [6.07, 6.45) is 1.45. The van der Waals surface area contributed by atoms with Crippen LogP contribution in [0.5, 0.6) is 0 Å². The van der Waals surface area contributed by atoms with Crippen molar-refractivity contribution in [1.82, 2.24) is 19.7 Å². The Hall–Kier alpha value is -2.32. The molecule has 1 atom stereocenters. The second-order valence-electron chi connectivity index (χ2n) is 7.72. The van der Waals surface area contributed by atoms with E-state index in [4.69, 9.17) is 5.10 Å². The van der Waals surface area contributed by atoms with Gasteiger partial charge in [0.15, 0.2) is 0 Å². The second-order valence-corrected chi connectivity index (χ2v) is 7.72. The summed E-state index contributed by atoms with van der Waals surface area (Å²) in [5, 5.41) is 10.3. The number of alkyl halides is 3. The molecule has 140 valence electrons. The first kappa shape index (κ1) is 17.1. The van der Waals surface area contributed by atoms with Crippen LogP contribution in [0.3, 0.4) is 0 Å². The lowest BCUT2D eigenvalue weighted by atomic mass is 10.2. The first-order chi connectivity index (χ1) is 12.2. The second kappa shape index (κ2) is 5.59. The van der Waals surface area contributed by atoms with Crippen LogP contribution in [0.15, 0.2) is 12.4 Å². The molecule has 6 nitrogen and oxygen atoms in total. The first-order valence-corrected chi connectivity index (χ1v) is 8.67. The molecule has 0 saturated heterocycles. The maximum absolute atomic E-state index is 13.0. The summed E-state index contributed by atoms with van der Waals surface area (Å²) in [6.45, 7) is 4.39. The van der Waals surface area contributed by atoms with E-state index in [1.807, 2.05) is 10.9 Å². The van der Waals surface area contributed by atoms with Gasteiger partial charge in [-0.15, -0.1) is 0 Å². The Balaban J connectivity index is 1.63. The largest absolute Gasteiger partial charge is 0.421 e. The molecule has 0 bridgehead atoms. The molecular weight excluding hydrogens is 345 g/mol. The van der Waals surface area contributed by atoms with E-state index in [2.05, 4.69) is 34.4 Å². The van der Waals surface area contributed by atoms with Crippen molar-refractivity contribution in [3.05, 3.63) is 23.7 Å². The van der Waals surface area contributed by atoms with Gasteiger partial charge in [0, 0.05) is 25.4 Å². The molecule has 2 N–H and O–H groups in total. The SMILES string of the molecule is CNc1nc(Nc2cn(C3CC3(C)C)nc2C2CC2)ncc1C(F)(F)F. The van der Waals surface area contributed by atoms with E-state index in [0.29, 0.717) is 12.0 Å². The highest BCUT2D eigenvalue weighted by molar-refractivity contribution is 5.59. The van der Waals surface area contributed by atoms with Crippen LogP contribution in [0.25, 0.3) is 0 Å². The molecule has 4 rings (SSSR count). The molecule has 0 aromatic carbocycles. The highest BCUT2D eigenvalue weighted by atomic mass is 19.4. The third-order valence-electron chi connectivity index (χ3n) is 5.08. The topological polar surface area (TPSA) is 67.7 Å². The van der Waals surface area contributed by atoms with Gasteiger partial charge in [-0.3, -0.25) is 4.68 Å². The Morgan fingerprint density at radius 3 is 2.50 bits per heavy atom. The van der Waals surface area contributed by atoms with Crippen molar-refractivity contribution in [2.24, 2.45) is 5.41 Å². The lowest BCUT2D eigenvalue weighted by Gasteiger charge is -2.12. The maximum atomic E-state index is 13.0. The van der Waals surface area contributed by atoms with Crippen LogP contribution in [-0.4, -0.2) is 26.8 Å². The molecule has 0 amide bonds. The van der Waals surface area contributed by atoms with Crippen molar-refractivity contribution < 1.29 is 13.2 Å². The molecule has 0 spiro atoms. The van der Waals surface area contributed by atoms with Crippen molar-refractivity contribution in [3.63, 3.8) is 0 Å². The fourth-order valence-electron chi connectivity index (χ4n) is 3.17. The standard InChI is InChI=1S/C17H21F3N6/c1-16(2)6-12(16)26-8-11(13(25-26)9-4-5-9)23-15-22-7-10(17(18,19)20)14(21-3)24-15/h7-9,12H,4-6H2,1-3H3,(H2,21,22,23,24). The minimum Gasteiger partial charge on any atom is -0.372 e. The van der Waals surface area contributed by atoms with Crippen LogP contribution in [0, 0.1) is 5.41 Å². The summed E-state index contributed by atoms with van der Waals surface area (Å²) in [6, 6.07) is 0.358. The zero-order valence-corrected chi connectivity index (χ0v) is 14.9. The van der Waals surface area contributed by atoms with Gasteiger partial charge in [0.2, 0.25) is 5.95 Å². The molecule has 2 fully saturated rings. The Bertz CT molecular complexity index is 838. The number of rotatable bonds is 5. The van der Waals surface area contributed by atoms with E-state index in [9.17, 15) is 13.2 Å². The summed E-state index contributed by atoms with van der Waals surface area (Å²) in [4.78, 5) is 7.83. The highest BCUT2D eigenvalue weighted by Crippen LogP contribution is 2.56. The molecular formula is C17H21F3N6. The molecule has 0 aliphatic heterocycles. The van der Waals surface area contributed by atoms with E-state index in [1.165, 1.54) is 7.05 Å². The van der Waals surface area contributed by atoms with Gasteiger partial charge in [-0.25, -0.2) is 4.98 Å². The number of nitrogens with zero attached hydrogens (tertiary/aromatic N) is 4. The predicted octanol–water partition coefficient (Wildman–Crippen LogP) is 4.33. The maximum Gasteiger partial charge on any atom is 0.421 e. The quantitative estimate of drug-likeness (QED) is 0.825. The summed E-state index contributed by atoms with van der Waals surface area (Å²) in [5.74, 6) is 0.274. The lowest BCUT2D eigenvalue weighted by Crippen LogP contribution is -2.12. The molecule has 2 aliphatic rings. The van der Waals surface area contributed by atoms with Gasteiger partial charge in [0.1, 0.15) is 11.4 Å². The zero-order valence-electron chi connectivity index (χ0n) is 14.9. The number of hydrogen-bond donors (Lipinski definition) is 2. The Kier molecular flexibility index (Phi) is 3.68. The third-order valence-corrected chi connectivity index (χ3v) is 5.08. The van der Waals surface area contributed by atoms with Crippen molar-refractivity contribution in [2.75, 3.05) is 17.7 Å². The molecule has 2 saturated carbocycles. The number of hydrogen-bond acceptors (Lipinski definition) is 5. The molecule has 9 heteroatoms. The van der Waals surface area contributed by atoms with Crippen molar-refractivity contribution in [2.45, 2.75) is 51.2 Å². The Labute approximate surface area is 149 Å². The van der Waals surface area contributed by atoms with Gasteiger partial charge >= 0.3 is 6.18 Å². The van der Waals surface area contributed by atoms with Crippen molar-refractivity contribution in [1.29, 1.82) is 0 Å². The van der Waals surface area contributed by atoms with E-state index in [-0.39, 0.29) is 17.2 Å². The molecule has 1 unspecified atom stereocenters. The molecule has 0 radical (unpaired) electrons. The molecule has 2 heterocycles. The fourth-order valence-corrected chi connectivity index (χ4v) is 3.17. The smallest absolute Gasteiger partial charge is 0.372 e. The van der Waals surface area contributed by atoms with Crippen LogP contribution in [0.4, 0.5) is 30.6 Å². The molecule has 2 aromatic rings. The van der Waals surface area contributed by atoms with Gasteiger partial charge in [-0.2, -0.15) is 23.3 Å². The fraction of sp³-hybridized carbons (Fsp3) is 0.588. The van der Waals surface area contributed by atoms with Crippen molar-refractivity contribution in [3.8, 4) is 0 Å². The van der Waals surface area contributed by atoms with Gasteiger partial charge in [0.25, 0.3) is 0 Å². The average Bonchev–Trinajstić information content (AvgIpc) is 3.46. The van der Waals surface area contributed by atoms with E-state index < -0.39 is 11.7 Å². The van der Waals surface area contributed by atoms with Gasteiger partial charge in [-0.1, -0.05) is 13.8 Å². The number of aromatic nitrogens is 4. The predicted molar refractivity (Wildman–Crippen MR) is 91.5 cm³/mol. The van der Waals surface area contributed by atoms with Crippen LogP contribution < -0.4 is 10.6 Å². The number of anilines is 3. The Morgan fingerprint density at radius 1 is 1.27 bits per heavy atom. The highest BCUT2D eigenvalue weighted by Gasteiger charge is 2.48. The first-order valence-electron chi connectivity index (χ1n) is 8.67. The van der Waals surface area contributed by atoms with Crippen LogP contribution >= 0.6 is 0 Å². The minimum atomic E-state index is -4.50. The van der Waals surface area contributed by atoms with Crippen molar-refractivity contribution >= 4 is 17.5 Å². The summed E-state index contributed by atoms with van der Waals surface area (Å²) >= 11 is 0. The molecule has 2 aliphatic carbocycles. The normalized spacial score (nSPS) is 21.5. The molecule has 2 aromatic heterocycles. The minimum absolute atomic E-state index is 0.124. The van der Waals surface area contributed by atoms with E-state index in [1.54, 1.807) is 0 Å². The average molecular weight is 366 g/mol. The van der Waals surface area contributed by atoms with Crippen LogP contribution in [0.1, 0.15) is 56.3 Å².